The van der Waals surface area contributed by atoms with Crippen LogP contribution in [0.5, 0.6) is 0 Å². The molecule has 0 saturated carbocycles. The third kappa shape index (κ3) is 8.65. The molecule has 0 aliphatic rings. The molecule has 6 nitrogen and oxygen atoms in total. The van der Waals surface area contributed by atoms with Gasteiger partial charge in [0.15, 0.2) is 0 Å². The highest BCUT2D eigenvalue weighted by Crippen LogP contribution is 1.99. The van der Waals surface area contributed by atoms with Crippen molar-refractivity contribution in [2.45, 2.75) is 45.3 Å². The van der Waals surface area contributed by atoms with Gasteiger partial charge in [-0.05, 0) is 33.1 Å². The minimum Gasteiger partial charge on any atom is -0.464 e. The van der Waals surface area contributed by atoms with Gasteiger partial charge in [0.1, 0.15) is 12.2 Å². The average Bonchev–Trinajstić information content (AvgIpc) is 2.26. The van der Waals surface area contributed by atoms with Gasteiger partial charge in [-0.2, -0.15) is 0 Å². The van der Waals surface area contributed by atoms with E-state index in [9.17, 15) is 9.59 Å². The highest BCUT2D eigenvalue weighted by molar-refractivity contribution is 5.74. The van der Waals surface area contributed by atoms with E-state index in [1.54, 1.807) is 0 Å². The van der Waals surface area contributed by atoms with Crippen LogP contribution in [-0.2, 0) is 19.1 Å². The van der Waals surface area contributed by atoms with E-state index in [2.05, 4.69) is 0 Å². The Morgan fingerprint density at radius 3 is 1.53 bits per heavy atom. The van der Waals surface area contributed by atoms with Crippen molar-refractivity contribution in [2.24, 2.45) is 0 Å². The minimum atomic E-state index is -1.10. The lowest BCUT2D eigenvalue weighted by molar-refractivity contribution is -0.152. The summed E-state index contributed by atoms with van der Waals surface area (Å²) < 4.78 is 9.47. The molecule has 0 fully saturated rings. The molecule has 0 radical (unpaired) electrons. The Balaban J connectivity index is 3.30. The first-order chi connectivity index (χ1) is 7.95. The Labute approximate surface area is 101 Å². The lowest BCUT2D eigenvalue weighted by Gasteiger charge is -2.07. The van der Waals surface area contributed by atoms with Gasteiger partial charge in [0.2, 0.25) is 0 Å². The molecular formula is C11H20O6. The first-order valence-corrected chi connectivity index (χ1v) is 5.64. The van der Waals surface area contributed by atoms with E-state index in [0.29, 0.717) is 12.8 Å². The molecule has 2 atom stereocenters. The van der Waals surface area contributed by atoms with Gasteiger partial charge >= 0.3 is 11.9 Å². The summed E-state index contributed by atoms with van der Waals surface area (Å²) in [6, 6.07) is 0. The van der Waals surface area contributed by atoms with Crippen LogP contribution < -0.4 is 0 Å². The van der Waals surface area contributed by atoms with Crippen LogP contribution in [-0.4, -0.2) is 47.6 Å². The third-order valence-corrected chi connectivity index (χ3v) is 1.96. The molecule has 100 valence electrons. The summed E-state index contributed by atoms with van der Waals surface area (Å²) in [6.45, 7) is 3.18. The van der Waals surface area contributed by atoms with Crippen LogP contribution in [0, 0.1) is 0 Å². The molecule has 0 amide bonds. The van der Waals surface area contributed by atoms with Gasteiger partial charge in [-0.25, -0.2) is 9.59 Å². The monoisotopic (exact) mass is 248 g/mol. The summed E-state index contributed by atoms with van der Waals surface area (Å²) in [6.07, 6.45) is -0.167. The van der Waals surface area contributed by atoms with Crippen molar-refractivity contribution in [1.82, 2.24) is 0 Å². The van der Waals surface area contributed by atoms with Crippen molar-refractivity contribution >= 4 is 11.9 Å². The summed E-state index contributed by atoms with van der Waals surface area (Å²) in [7, 11) is 0. The second kappa shape index (κ2) is 8.95. The molecule has 0 aromatic heterocycles. The Morgan fingerprint density at radius 2 is 1.24 bits per heavy atom. The molecule has 0 bridgehead atoms. The van der Waals surface area contributed by atoms with Gasteiger partial charge in [-0.3, -0.25) is 0 Å². The maximum absolute atomic E-state index is 10.8. The van der Waals surface area contributed by atoms with E-state index < -0.39 is 24.1 Å². The van der Waals surface area contributed by atoms with Gasteiger partial charge in [-0.1, -0.05) is 0 Å². The van der Waals surface area contributed by atoms with Crippen LogP contribution in [0.25, 0.3) is 0 Å². The molecule has 2 N–H and O–H groups in total. The third-order valence-electron chi connectivity index (χ3n) is 1.96. The summed E-state index contributed by atoms with van der Waals surface area (Å²) in [5, 5.41) is 17.6. The lowest BCUT2D eigenvalue weighted by Crippen LogP contribution is -2.20. The van der Waals surface area contributed by atoms with E-state index in [0.717, 1.165) is 6.42 Å². The zero-order valence-corrected chi connectivity index (χ0v) is 10.2. The maximum Gasteiger partial charge on any atom is 0.334 e. The Hall–Kier alpha value is -1.14. The fourth-order valence-electron chi connectivity index (χ4n) is 0.968. The van der Waals surface area contributed by atoms with E-state index in [1.165, 1.54) is 13.8 Å². The fourth-order valence-corrected chi connectivity index (χ4v) is 0.968. The molecule has 0 spiro atoms. The predicted molar refractivity (Wildman–Crippen MR) is 59.1 cm³/mol. The van der Waals surface area contributed by atoms with Crippen LogP contribution >= 0.6 is 0 Å². The molecule has 0 aliphatic carbocycles. The molecule has 6 heteroatoms. The van der Waals surface area contributed by atoms with Crippen LogP contribution in [0.4, 0.5) is 0 Å². The van der Waals surface area contributed by atoms with Crippen LogP contribution in [0.3, 0.4) is 0 Å². The van der Waals surface area contributed by atoms with Crippen molar-refractivity contribution in [2.75, 3.05) is 13.2 Å². The number of aliphatic hydroxyl groups excluding tert-OH is 2. The van der Waals surface area contributed by atoms with Crippen molar-refractivity contribution in [3.8, 4) is 0 Å². The normalized spacial score (nSPS) is 13.9. The highest BCUT2D eigenvalue weighted by atomic mass is 16.5. The number of hydrogen-bond donors (Lipinski definition) is 2. The standard InChI is InChI=1S/C11H20O6/c1-8(12)10(14)16-6-4-3-5-7-17-11(15)9(2)13/h8-9,12-13H,3-7H2,1-2H3/t8-,9-/m1/s1. The van der Waals surface area contributed by atoms with Crippen molar-refractivity contribution in [1.29, 1.82) is 0 Å². The van der Waals surface area contributed by atoms with Crippen LogP contribution in [0.2, 0.25) is 0 Å². The van der Waals surface area contributed by atoms with E-state index in [-0.39, 0.29) is 13.2 Å². The zero-order valence-electron chi connectivity index (χ0n) is 10.2. The topological polar surface area (TPSA) is 93.1 Å². The number of unbranched alkanes of at least 4 members (excludes halogenated alkanes) is 2. The molecule has 0 aromatic rings. The number of ether oxygens (including phenoxy) is 2. The number of hydrogen-bond acceptors (Lipinski definition) is 6. The molecule has 0 unspecified atom stereocenters. The molecule has 0 heterocycles. The van der Waals surface area contributed by atoms with Crippen LogP contribution in [0.1, 0.15) is 33.1 Å². The van der Waals surface area contributed by atoms with Crippen molar-refractivity contribution in [3.05, 3.63) is 0 Å². The quantitative estimate of drug-likeness (QED) is 0.464. The van der Waals surface area contributed by atoms with E-state index >= 15 is 0 Å². The number of rotatable bonds is 8. The maximum atomic E-state index is 10.8. The van der Waals surface area contributed by atoms with Crippen molar-refractivity contribution in [3.63, 3.8) is 0 Å². The lowest BCUT2D eigenvalue weighted by atomic mass is 10.2. The summed E-state index contributed by atoms with van der Waals surface area (Å²) in [5.41, 5.74) is 0. The second-order valence-electron chi connectivity index (χ2n) is 3.75. The summed E-state index contributed by atoms with van der Waals surface area (Å²) in [4.78, 5) is 21.7. The molecular weight excluding hydrogens is 228 g/mol. The average molecular weight is 248 g/mol. The zero-order chi connectivity index (χ0) is 13.3. The largest absolute Gasteiger partial charge is 0.464 e. The summed E-state index contributed by atoms with van der Waals surface area (Å²) >= 11 is 0. The fraction of sp³-hybridized carbons (Fsp3) is 0.818. The number of carbonyl (C=O) groups is 2. The number of esters is 2. The summed E-state index contributed by atoms with van der Waals surface area (Å²) in [5.74, 6) is -1.27. The minimum absolute atomic E-state index is 0.244. The molecule has 0 aliphatic heterocycles. The Kier molecular flexibility index (Phi) is 8.35. The molecule has 0 rings (SSSR count). The van der Waals surface area contributed by atoms with Gasteiger partial charge in [0.25, 0.3) is 0 Å². The van der Waals surface area contributed by atoms with Crippen molar-refractivity contribution < 1.29 is 29.3 Å². The Bertz CT molecular complexity index is 212. The first-order valence-electron chi connectivity index (χ1n) is 5.64. The molecule has 17 heavy (non-hydrogen) atoms. The predicted octanol–water partition coefficient (Wildman–Crippen LogP) is 0.00470. The van der Waals surface area contributed by atoms with E-state index in [1.807, 2.05) is 0 Å². The second-order valence-corrected chi connectivity index (χ2v) is 3.75. The van der Waals surface area contributed by atoms with Gasteiger partial charge in [0, 0.05) is 0 Å². The SMILES string of the molecule is C[C@@H](O)C(=O)OCCCCCOC(=O)[C@@H](C)O. The van der Waals surface area contributed by atoms with Gasteiger partial charge in [0.05, 0.1) is 13.2 Å². The number of aliphatic hydroxyl groups is 2. The molecule has 0 aromatic carbocycles. The van der Waals surface area contributed by atoms with Gasteiger partial charge in [-0.15, -0.1) is 0 Å². The molecule has 0 saturated heterocycles. The first kappa shape index (κ1) is 15.9. The number of carbonyl (C=O) groups excluding carboxylic acids is 2. The Morgan fingerprint density at radius 1 is 0.882 bits per heavy atom. The highest BCUT2D eigenvalue weighted by Gasteiger charge is 2.10. The van der Waals surface area contributed by atoms with Crippen LogP contribution in [0.15, 0.2) is 0 Å². The van der Waals surface area contributed by atoms with E-state index in [4.69, 9.17) is 19.7 Å². The smallest absolute Gasteiger partial charge is 0.334 e. The van der Waals surface area contributed by atoms with Gasteiger partial charge < -0.3 is 19.7 Å².